The Hall–Kier alpha value is -1.85. The minimum Gasteiger partial charge on any atom is -0.493 e. The van der Waals surface area contributed by atoms with Gasteiger partial charge in [0.25, 0.3) is 0 Å². The molecule has 5 heteroatoms. The fraction of sp³-hybridized carbons (Fsp3) is 0.609. The fourth-order valence-corrected chi connectivity index (χ4v) is 7.67. The van der Waals surface area contributed by atoms with Crippen molar-refractivity contribution >= 4 is 5.78 Å². The summed E-state index contributed by atoms with van der Waals surface area (Å²) >= 11 is 0. The number of carbonyl (C=O) groups is 1. The average molecular weight is 381 g/mol. The molecule has 0 N–H and O–H groups in total. The second-order valence-electron chi connectivity index (χ2n) is 9.35. The van der Waals surface area contributed by atoms with Crippen LogP contribution >= 0.6 is 0 Å². The van der Waals surface area contributed by atoms with Gasteiger partial charge in [0, 0.05) is 24.1 Å². The average Bonchev–Trinajstić information content (AvgIpc) is 3.07. The van der Waals surface area contributed by atoms with Gasteiger partial charge in [0.2, 0.25) is 0 Å². The Kier molecular flexibility index (Phi) is 3.05. The van der Waals surface area contributed by atoms with E-state index < -0.39 is 5.60 Å². The molecule has 0 radical (unpaired) electrons. The molecule has 0 aromatic heterocycles. The van der Waals surface area contributed by atoms with Gasteiger partial charge in [0.15, 0.2) is 11.5 Å². The van der Waals surface area contributed by atoms with Gasteiger partial charge < -0.3 is 19.1 Å². The van der Waals surface area contributed by atoms with Crippen molar-refractivity contribution in [2.24, 2.45) is 11.3 Å². The van der Waals surface area contributed by atoms with E-state index >= 15 is 0 Å². The summed E-state index contributed by atoms with van der Waals surface area (Å²) in [6, 6.07) is 4.62. The van der Waals surface area contributed by atoms with E-state index in [9.17, 15) is 4.79 Å². The lowest BCUT2D eigenvalue weighted by Gasteiger charge is -2.70. The van der Waals surface area contributed by atoms with Crippen molar-refractivity contribution < 1.29 is 19.0 Å². The topological polar surface area (TPSA) is 48.0 Å². The highest BCUT2D eigenvalue weighted by molar-refractivity contribution is 5.82. The molecule has 2 aliphatic heterocycles. The van der Waals surface area contributed by atoms with Gasteiger partial charge in [-0.3, -0.25) is 4.79 Å². The highest BCUT2D eigenvalue weighted by Crippen LogP contribution is 2.74. The molecule has 6 aliphatic rings. The number of benzene rings is 1. The maximum Gasteiger partial charge on any atom is 0.166 e. The Bertz CT molecular complexity index is 941. The van der Waals surface area contributed by atoms with Crippen LogP contribution in [0.3, 0.4) is 0 Å². The molecule has 2 spiro atoms. The Morgan fingerprint density at radius 3 is 2.82 bits per heavy atom. The molecule has 1 aromatic rings. The zero-order valence-corrected chi connectivity index (χ0v) is 17.0. The molecule has 4 bridgehead atoms. The summed E-state index contributed by atoms with van der Waals surface area (Å²) in [6.07, 6.45) is 7.19. The number of likely N-dealkylation sites (tertiary alicyclic amines) is 1. The number of nitrogens with zero attached hydrogens (tertiary/aromatic N) is 1. The highest BCUT2D eigenvalue weighted by atomic mass is 16.6. The molecule has 5 nitrogen and oxygen atoms in total. The third-order valence-electron chi connectivity index (χ3n) is 8.77. The minimum absolute atomic E-state index is 0.105. The summed E-state index contributed by atoms with van der Waals surface area (Å²) in [4.78, 5) is 15.3. The van der Waals surface area contributed by atoms with Crippen LogP contribution < -0.4 is 9.47 Å². The quantitative estimate of drug-likeness (QED) is 0.753. The Morgan fingerprint density at radius 2 is 2.11 bits per heavy atom. The fourth-order valence-electron chi connectivity index (χ4n) is 7.67. The number of ketones is 1. The molecular formula is C23H27NO4. The van der Waals surface area contributed by atoms with Crippen LogP contribution in [-0.2, 0) is 21.4 Å². The molecule has 0 unspecified atom stereocenters. The summed E-state index contributed by atoms with van der Waals surface area (Å²) in [5, 5.41) is 0. The van der Waals surface area contributed by atoms with Gasteiger partial charge in [-0.05, 0) is 51.4 Å². The molecule has 2 fully saturated rings. The van der Waals surface area contributed by atoms with Gasteiger partial charge in [0.05, 0.1) is 18.4 Å². The van der Waals surface area contributed by atoms with Gasteiger partial charge in [-0.25, -0.2) is 0 Å². The number of methoxy groups -OCH3 is 2. The largest absolute Gasteiger partial charge is 0.493 e. The first-order valence-corrected chi connectivity index (χ1v) is 10.3. The van der Waals surface area contributed by atoms with Gasteiger partial charge in [-0.2, -0.15) is 0 Å². The van der Waals surface area contributed by atoms with Gasteiger partial charge in [0.1, 0.15) is 17.5 Å². The third-order valence-corrected chi connectivity index (χ3v) is 8.77. The van der Waals surface area contributed by atoms with Crippen molar-refractivity contribution in [3.63, 3.8) is 0 Å². The third kappa shape index (κ3) is 1.49. The van der Waals surface area contributed by atoms with E-state index in [0.717, 1.165) is 37.3 Å². The van der Waals surface area contributed by atoms with Crippen LogP contribution in [0, 0.1) is 11.3 Å². The summed E-state index contributed by atoms with van der Waals surface area (Å²) in [5.41, 5.74) is 1.72. The lowest BCUT2D eigenvalue weighted by Crippen LogP contribution is -2.79. The van der Waals surface area contributed by atoms with Gasteiger partial charge in [-0.15, -0.1) is 0 Å². The second kappa shape index (κ2) is 5.00. The zero-order chi connectivity index (χ0) is 19.5. The van der Waals surface area contributed by atoms with Gasteiger partial charge in [-0.1, -0.05) is 18.2 Å². The molecule has 0 amide bonds. The number of hydrogen-bond acceptors (Lipinski definition) is 5. The van der Waals surface area contributed by atoms with Crippen LogP contribution in [0.15, 0.2) is 24.3 Å². The molecule has 1 saturated carbocycles. The van der Waals surface area contributed by atoms with Crippen molar-refractivity contribution in [2.45, 2.75) is 49.3 Å². The standard InChI is InChI=1S/C23H27NO4/c1-13(25)15-12-21-7-8-23(15,27-4)20-22(21)9-10-24(2)17(21)11-14-5-6-16(26-3)19(28-20)18(14)22/h5-8,15,17,20H,9-12H2,1-4H3/t15-,17-,20+,21+,22+,23-/m1/s1. The van der Waals surface area contributed by atoms with E-state index in [4.69, 9.17) is 14.2 Å². The first-order valence-electron chi connectivity index (χ1n) is 10.3. The van der Waals surface area contributed by atoms with Gasteiger partial charge >= 0.3 is 0 Å². The van der Waals surface area contributed by atoms with Crippen LogP contribution in [0.4, 0.5) is 0 Å². The van der Waals surface area contributed by atoms with Crippen molar-refractivity contribution in [3.05, 3.63) is 35.4 Å². The maximum absolute atomic E-state index is 12.8. The molecule has 4 aliphatic carbocycles. The molecule has 2 heterocycles. The van der Waals surface area contributed by atoms with E-state index in [1.165, 1.54) is 11.1 Å². The maximum atomic E-state index is 12.8. The number of hydrogen-bond donors (Lipinski definition) is 0. The highest BCUT2D eigenvalue weighted by Gasteiger charge is 2.79. The summed E-state index contributed by atoms with van der Waals surface area (Å²) in [7, 11) is 5.67. The molecule has 1 saturated heterocycles. The molecular weight excluding hydrogens is 354 g/mol. The molecule has 6 atom stereocenters. The summed E-state index contributed by atoms with van der Waals surface area (Å²) in [5.74, 6) is 1.68. The van der Waals surface area contributed by atoms with Crippen molar-refractivity contribution in [2.75, 3.05) is 27.8 Å². The van der Waals surface area contributed by atoms with E-state index in [-0.39, 0.29) is 28.6 Å². The van der Waals surface area contributed by atoms with Crippen molar-refractivity contribution in [1.82, 2.24) is 4.90 Å². The summed E-state index contributed by atoms with van der Waals surface area (Å²) in [6.45, 7) is 2.74. The number of ether oxygens (including phenoxy) is 3. The first-order chi connectivity index (χ1) is 13.4. The predicted molar refractivity (Wildman–Crippen MR) is 104 cm³/mol. The SMILES string of the molecule is COc1ccc2c3c1O[C@@H]1[C@@]4(OC)C=C[C@]5(C[C@@H]4C(C)=O)[C@@H](C2)N(C)CC[C@]315. The number of fused-ring (bicyclic) bond motifs is 1. The zero-order valence-electron chi connectivity index (χ0n) is 17.0. The number of piperidine rings is 1. The predicted octanol–water partition coefficient (Wildman–Crippen LogP) is 2.50. The smallest absolute Gasteiger partial charge is 0.166 e. The molecule has 1 aromatic carbocycles. The minimum atomic E-state index is -0.716. The lowest BCUT2D eigenvalue weighted by molar-refractivity contribution is -0.212. The van der Waals surface area contributed by atoms with Crippen LogP contribution in [-0.4, -0.2) is 56.2 Å². The molecule has 7 rings (SSSR count). The van der Waals surface area contributed by atoms with Crippen LogP contribution in [0.2, 0.25) is 0 Å². The van der Waals surface area contributed by atoms with Crippen LogP contribution in [0.5, 0.6) is 11.5 Å². The van der Waals surface area contributed by atoms with E-state index in [0.29, 0.717) is 6.04 Å². The number of Topliss-reactive ketones (excluding diaryl/α,β-unsaturated/α-hetero) is 1. The monoisotopic (exact) mass is 381 g/mol. The summed E-state index contributed by atoms with van der Waals surface area (Å²) < 4.78 is 18.7. The first kappa shape index (κ1) is 17.0. The Morgan fingerprint density at radius 1 is 1.29 bits per heavy atom. The molecule has 28 heavy (non-hydrogen) atoms. The normalized spacial score (nSPS) is 44.2. The Balaban J connectivity index is 1.72. The van der Waals surface area contributed by atoms with E-state index in [2.05, 4.69) is 30.2 Å². The van der Waals surface area contributed by atoms with Crippen molar-refractivity contribution in [3.8, 4) is 11.5 Å². The molecule has 148 valence electrons. The number of carbonyl (C=O) groups excluding carboxylic acids is 1. The Labute approximate surface area is 165 Å². The number of rotatable bonds is 3. The van der Waals surface area contributed by atoms with E-state index in [1.54, 1.807) is 21.1 Å². The number of likely N-dealkylation sites (N-methyl/N-ethyl adjacent to an activating group) is 1. The van der Waals surface area contributed by atoms with E-state index in [1.807, 2.05) is 6.07 Å². The lowest BCUT2D eigenvalue weighted by atomic mass is 9.37. The second-order valence-corrected chi connectivity index (χ2v) is 9.35. The van der Waals surface area contributed by atoms with Crippen LogP contribution in [0.25, 0.3) is 0 Å². The van der Waals surface area contributed by atoms with Crippen molar-refractivity contribution in [1.29, 1.82) is 0 Å². The van der Waals surface area contributed by atoms with Crippen LogP contribution in [0.1, 0.15) is 30.9 Å².